The fourth-order valence-electron chi connectivity index (χ4n) is 4.70. The monoisotopic (exact) mass is 600 g/mol. The van der Waals surface area contributed by atoms with Gasteiger partial charge in [0.1, 0.15) is 12.7 Å². The number of carbonyl (C=O) groups excluding carboxylic acids is 2. The molecule has 0 aromatic rings. The van der Waals surface area contributed by atoms with Gasteiger partial charge in [-0.1, -0.05) is 127 Å². The Hall–Kier alpha value is -2.10. The molecule has 0 aliphatic carbocycles. The molecule has 0 bridgehead atoms. The van der Waals surface area contributed by atoms with Crippen LogP contribution in [0.15, 0.2) is 48.6 Å². The zero-order chi connectivity index (χ0) is 31.5. The highest BCUT2D eigenvalue weighted by Crippen LogP contribution is 2.11. The third-order valence-electron chi connectivity index (χ3n) is 7.39. The average molecular weight is 600 g/mol. The number of rotatable bonds is 31. The summed E-state index contributed by atoms with van der Waals surface area (Å²) in [4.78, 5) is 24.0. The Bertz CT molecular complexity index is 734. The van der Waals surface area contributed by atoms with Gasteiger partial charge in [-0.15, -0.1) is 0 Å². The van der Waals surface area contributed by atoms with Gasteiger partial charge in [-0.25, -0.2) is 0 Å². The lowest BCUT2D eigenvalue weighted by Crippen LogP contribution is -2.22. The van der Waals surface area contributed by atoms with E-state index in [1.54, 1.807) is 0 Å². The highest BCUT2D eigenvalue weighted by molar-refractivity contribution is 5.70. The molecule has 0 saturated carbocycles. The maximum Gasteiger partial charge on any atom is 0.306 e. The Kier molecular flexibility index (Phi) is 32.7. The summed E-state index contributed by atoms with van der Waals surface area (Å²) in [5.41, 5.74) is 0. The molecular weight excluding hydrogens is 532 g/mol. The van der Waals surface area contributed by atoms with Crippen molar-refractivity contribution >= 4 is 11.9 Å². The third kappa shape index (κ3) is 34.3. The normalized spacial score (nSPS) is 12.7. The van der Waals surface area contributed by atoms with Gasteiger partial charge in [0.15, 0.2) is 0 Å². The molecule has 4 heteroatoms. The van der Waals surface area contributed by atoms with Gasteiger partial charge in [0.25, 0.3) is 0 Å². The van der Waals surface area contributed by atoms with Crippen LogP contribution in [0.25, 0.3) is 0 Å². The summed E-state index contributed by atoms with van der Waals surface area (Å²) in [6.07, 6.45) is 43.8. The van der Waals surface area contributed by atoms with Gasteiger partial charge in [0.2, 0.25) is 0 Å². The first-order valence-corrected chi connectivity index (χ1v) is 17.9. The summed E-state index contributed by atoms with van der Waals surface area (Å²) >= 11 is 0. The van der Waals surface area contributed by atoms with E-state index < -0.39 is 6.10 Å². The quantitative estimate of drug-likeness (QED) is 0.0452. The van der Waals surface area contributed by atoms with Gasteiger partial charge in [-0.05, 0) is 84.0 Å². The van der Waals surface area contributed by atoms with Crippen LogP contribution >= 0.6 is 0 Å². The van der Waals surface area contributed by atoms with Crippen molar-refractivity contribution in [2.45, 2.75) is 174 Å². The van der Waals surface area contributed by atoms with Crippen molar-refractivity contribution in [1.29, 1.82) is 0 Å². The summed E-state index contributed by atoms with van der Waals surface area (Å²) in [5.74, 6) is -0.487. The molecule has 4 nitrogen and oxygen atoms in total. The van der Waals surface area contributed by atoms with Crippen molar-refractivity contribution in [3.8, 4) is 0 Å². The predicted molar refractivity (Wildman–Crippen MR) is 185 cm³/mol. The van der Waals surface area contributed by atoms with E-state index in [0.717, 1.165) is 64.2 Å². The van der Waals surface area contributed by atoms with Crippen LogP contribution < -0.4 is 0 Å². The topological polar surface area (TPSA) is 52.6 Å². The van der Waals surface area contributed by atoms with Crippen LogP contribution in [-0.2, 0) is 19.1 Å². The summed E-state index contributed by atoms with van der Waals surface area (Å²) in [7, 11) is 0. The zero-order valence-electron chi connectivity index (χ0n) is 28.2. The second-order valence-electron chi connectivity index (χ2n) is 11.8. The van der Waals surface area contributed by atoms with Gasteiger partial charge in [0, 0.05) is 12.8 Å². The number of hydrogen-bond acceptors (Lipinski definition) is 4. The molecule has 1 unspecified atom stereocenters. The minimum atomic E-state index is -0.640. The third-order valence-corrected chi connectivity index (χ3v) is 7.39. The Morgan fingerprint density at radius 2 is 0.884 bits per heavy atom. The number of unbranched alkanes of at least 4 members (excludes halogenated alkanes) is 16. The molecule has 0 saturated heterocycles. The molecule has 0 amide bonds. The number of ether oxygens (including phenoxy) is 2. The van der Waals surface area contributed by atoms with E-state index in [0.29, 0.717) is 12.8 Å². The largest absolute Gasteiger partial charge is 0.462 e. The number of hydrogen-bond donors (Lipinski definition) is 0. The highest BCUT2D eigenvalue weighted by atomic mass is 16.6. The van der Waals surface area contributed by atoms with Crippen LogP contribution in [0.2, 0.25) is 0 Å². The van der Waals surface area contributed by atoms with E-state index in [1.165, 1.54) is 77.0 Å². The van der Waals surface area contributed by atoms with Crippen LogP contribution in [0, 0.1) is 6.92 Å². The lowest BCUT2D eigenvalue weighted by Gasteiger charge is -2.13. The van der Waals surface area contributed by atoms with Crippen LogP contribution in [0.5, 0.6) is 0 Å². The first kappa shape index (κ1) is 40.9. The first-order chi connectivity index (χ1) is 21.1. The number of carbonyl (C=O) groups is 2. The fraction of sp³-hybridized carbons (Fsp3) is 0.718. The van der Waals surface area contributed by atoms with Crippen molar-refractivity contribution in [1.82, 2.24) is 0 Å². The van der Waals surface area contributed by atoms with Crippen LogP contribution in [0.4, 0.5) is 0 Å². The van der Waals surface area contributed by atoms with E-state index in [2.05, 4.69) is 69.4 Å². The molecule has 0 aliphatic heterocycles. The van der Waals surface area contributed by atoms with Crippen molar-refractivity contribution in [2.75, 3.05) is 6.61 Å². The van der Waals surface area contributed by atoms with Crippen molar-refractivity contribution < 1.29 is 19.1 Å². The minimum Gasteiger partial charge on any atom is -0.462 e. The second-order valence-corrected chi connectivity index (χ2v) is 11.8. The maximum absolute atomic E-state index is 12.0. The van der Waals surface area contributed by atoms with Gasteiger partial charge < -0.3 is 9.47 Å². The summed E-state index contributed by atoms with van der Waals surface area (Å²) < 4.78 is 10.6. The van der Waals surface area contributed by atoms with Crippen LogP contribution in [0.3, 0.4) is 0 Å². The Labute approximate surface area is 266 Å². The van der Waals surface area contributed by atoms with Crippen LogP contribution in [-0.4, -0.2) is 24.6 Å². The molecule has 0 fully saturated rings. The fourth-order valence-corrected chi connectivity index (χ4v) is 4.70. The summed E-state index contributed by atoms with van der Waals surface area (Å²) in [5, 5.41) is 0. The highest BCUT2D eigenvalue weighted by Gasteiger charge is 2.12. The summed E-state index contributed by atoms with van der Waals surface area (Å²) in [6.45, 7) is 8.32. The molecule has 1 atom stereocenters. The zero-order valence-corrected chi connectivity index (χ0v) is 28.2. The second kappa shape index (κ2) is 34.4. The average Bonchev–Trinajstić information content (AvgIpc) is 3.00. The molecule has 0 heterocycles. The first-order valence-electron chi connectivity index (χ1n) is 17.9. The van der Waals surface area contributed by atoms with E-state index in [1.807, 2.05) is 0 Å². The molecular formula is C39H67O4. The Morgan fingerprint density at radius 1 is 0.512 bits per heavy atom. The lowest BCUT2D eigenvalue weighted by molar-refractivity contribution is -0.156. The lowest BCUT2D eigenvalue weighted by atomic mass is 10.1. The molecule has 0 N–H and O–H groups in total. The van der Waals surface area contributed by atoms with Crippen molar-refractivity contribution in [3.05, 3.63) is 55.5 Å². The Morgan fingerprint density at radius 3 is 1.33 bits per heavy atom. The molecule has 0 aliphatic rings. The van der Waals surface area contributed by atoms with E-state index >= 15 is 0 Å². The van der Waals surface area contributed by atoms with E-state index in [-0.39, 0.29) is 18.5 Å². The molecule has 247 valence electrons. The standard InChI is InChI=1S/C39H67O4/c1-4-6-8-10-12-14-16-18-20-22-24-26-28-30-32-34-38(40)42-36-37(3)43-39(41)35-33-31-29-27-25-23-21-19-17-15-13-11-9-7-5-2/h12-15,18-21,37H,3-11,16-17,22-36H2,1-2H3/b14-12-,15-13-,20-18-,21-19-. The Balaban J connectivity index is 3.52. The molecule has 0 spiro atoms. The maximum atomic E-state index is 12.0. The van der Waals surface area contributed by atoms with E-state index in [4.69, 9.17) is 9.47 Å². The number of esters is 2. The predicted octanol–water partition coefficient (Wildman–Crippen LogP) is 11.9. The molecule has 0 aromatic carbocycles. The molecule has 1 radical (unpaired) electrons. The molecule has 0 aromatic heterocycles. The van der Waals surface area contributed by atoms with Crippen molar-refractivity contribution in [3.63, 3.8) is 0 Å². The summed E-state index contributed by atoms with van der Waals surface area (Å²) in [6, 6.07) is 0. The molecule has 43 heavy (non-hydrogen) atoms. The van der Waals surface area contributed by atoms with Gasteiger partial charge in [-0.3, -0.25) is 9.59 Å². The van der Waals surface area contributed by atoms with E-state index in [9.17, 15) is 9.59 Å². The van der Waals surface area contributed by atoms with Gasteiger partial charge in [0.05, 0.1) is 0 Å². The minimum absolute atomic E-state index is 0.0347. The van der Waals surface area contributed by atoms with Crippen LogP contribution in [0.1, 0.15) is 168 Å². The van der Waals surface area contributed by atoms with Gasteiger partial charge >= 0.3 is 11.9 Å². The van der Waals surface area contributed by atoms with Crippen molar-refractivity contribution in [2.24, 2.45) is 0 Å². The number of allylic oxidation sites excluding steroid dienone is 8. The van der Waals surface area contributed by atoms with Gasteiger partial charge in [-0.2, -0.15) is 0 Å². The smallest absolute Gasteiger partial charge is 0.306 e. The molecule has 0 rings (SSSR count). The SMILES string of the molecule is [CH2]C(COC(=O)CCCCCCC/C=C\C/C=C\CCCCC)OC(=O)CCCCCCC/C=C\C/C=C\CCCCC.